The molecule has 2 aromatic carbocycles. The highest BCUT2D eigenvalue weighted by molar-refractivity contribution is 6.39. The number of nitrogens with one attached hydrogen (secondary N) is 1. The van der Waals surface area contributed by atoms with Crippen molar-refractivity contribution >= 4 is 35.3 Å². The molecule has 0 aliphatic carbocycles. The smallest absolute Gasteiger partial charge is 0.335 e. The molecule has 1 N–H and O–H groups in total. The number of methoxy groups -OCH3 is 1. The molecule has 138 valence electrons. The van der Waals surface area contributed by atoms with Crippen molar-refractivity contribution in [3.63, 3.8) is 0 Å². The first-order valence-corrected chi connectivity index (χ1v) is 8.23. The van der Waals surface area contributed by atoms with Gasteiger partial charge in [0.2, 0.25) is 0 Å². The Balaban J connectivity index is 1.96. The van der Waals surface area contributed by atoms with Crippen molar-refractivity contribution in [3.8, 4) is 5.75 Å². The van der Waals surface area contributed by atoms with Gasteiger partial charge >= 0.3 is 6.03 Å². The third kappa shape index (κ3) is 3.67. The molecule has 0 aromatic heterocycles. The number of ether oxygens (including phenoxy) is 1. The zero-order chi connectivity index (χ0) is 19.6. The van der Waals surface area contributed by atoms with Gasteiger partial charge in [0.1, 0.15) is 11.3 Å². The van der Waals surface area contributed by atoms with Gasteiger partial charge in [-0.05, 0) is 35.9 Å². The third-order valence-corrected chi connectivity index (χ3v) is 4.13. The van der Waals surface area contributed by atoms with Crippen molar-refractivity contribution in [2.75, 3.05) is 31.0 Å². The molecular formula is C20H19N3O4. The number of barbiturate groups is 1. The number of urea groups is 1. The second kappa shape index (κ2) is 7.33. The minimum absolute atomic E-state index is 0.116. The van der Waals surface area contributed by atoms with Crippen LogP contribution in [0.2, 0.25) is 0 Å². The molecule has 0 unspecified atom stereocenters. The Hall–Kier alpha value is -3.61. The van der Waals surface area contributed by atoms with Crippen LogP contribution >= 0.6 is 0 Å². The van der Waals surface area contributed by atoms with Crippen molar-refractivity contribution in [3.05, 3.63) is 59.7 Å². The van der Waals surface area contributed by atoms with E-state index in [-0.39, 0.29) is 5.57 Å². The number of benzene rings is 2. The standard InChI is InChI=1S/C20H19N3O4/c1-22(2)14-9-7-13(8-10-14)11-17-18(24)21-20(26)23(19(17)25)15-5-4-6-16(12-15)27-3/h4-12H,1-3H3,(H,21,24,26). The van der Waals surface area contributed by atoms with Gasteiger partial charge in [-0.25, -0.2) is 9.69 Å². The number of nitrogens with zero attached hydrogens (tertiary/aromatic N) is 2. The molecule has 4 amide bonds. The second-order valence-corrected chi connectivity index (χ2v) is 6.15. The van der Waals surface area contributed by atoms with Gasteiger partial charge in [0.15, 0.2) is 0 Å². The molecule has 3 rings (SSSR count). The number of rotatable bonds is 4. The lowest BCUT2D eigenvalue weighted by molar-refractivity contribution is -0.122. The lowest BCUT2D eigenvalue weighted by Gasteiger charge is -2.26. The van der Waals surface area contributed by atoms with Crippen LogP contribution in [0.15, 0.2) is 54.1 Å². The van der Waals surface area contributed by atoms with Gasteiger partial charge in [0.25, 0.3) is 11.8 Å². The summed E-state index contributed by atoms with van der Waals surface area (Å²) in [7, 11) is 5.33. The van der Waals surface area contributed by atoms with Crippen molar-refractivity contribution < 1.29 is 19.1 Å². The largest absolute Gasteiger partial charge is 0.497 e. The topological polar surface area (TPSA) is 79.0 Å². The molecule has 1 fully saturated rings. The van der Waals surface area contributed by atoms with Crippen LogP contribution < -0.4 is 19.9 Å². The van der Waals surface area contributed by atoms with Gasteiger partial charge in [0.05, 0.1) is 12.8 Å². The average molecular weight is 365 g/mol. The van der Waals surface area contributed by atoms with Crippen molar-refractivity contribution in [1.29, 1.82) is 0 Å². The maximum Gasteiger partial charge on any atom is 0.335 e. The molecule has 27 heavy (non-hydrogen) atoms. The van der Waals surface area contributed by atoms with Gasteiger partial charge in [-0.3, -0.25) is 14.9 Å². The Labute approximate surface area is 156 Å². The molecule has 1 saturated heterocycles. The first-order chi connectivity index (χ1) is 12.9. The Morgan fingerprint density at radius 3 is 2.37 bits per heavy atom. The van der Waals surface area contributed by atoms with Gasteiger partial charge < -0.3 is 9.64 Å². The van der Waals surface area contributed by atoms with Crippen LogP contribution in [0.4, 0.5) is 16.2 Å². The number of carbonyl (C=O) groups excluding carboxylic acids is 3. The zero-order valence-electron chi connectivity index (χ0n) is 15.2. The maximum atomic E-state index is 12.9. The van der Waals surface area contributed by atoms with E-state index in [2.05, 4.69) is 5.32 Å². The van der Waals surface area contributed by atoms with E-state index in [1.807, 2.05) is 31.1 Å². The molecule has 7 nitrogen and oxygen atoms in total. The SMILES string of the molecule is COc1cccc(N2C(=O)NC(=O)C(=Cc3ccc(N(C)C)cc3)C2=O)c1. The maximum absolute atomic E-state index is 12.9. The third-order valence-electron chi connectivity index (χ3n) is 4.13. The van der Waals surface area contributed by atoms with Crippen LogP contribution in [0, 0.1) is 0 Å². The molecule has 0 radical (unpaired) electrons. The van der Waals surface area contributed by atoms with Crippen LogP contribution in [0.3, 0.4) is 0 Å². The van der Waals surface area contributed by atoms with E-state index in [9.17, 15) is 14.4 Å². The van der Waals surface area contributed by atoms with Gasteiger partial charge in [-0.2, -0.15) is 0 Å². The molecule has 0 atom stereocenters. The summed E-state index contributed by atoms with van der Waals surface area (Å²) in [4.78, 5) is 40.2. The molecular weight excluding hydrogens is 346 g/mol. The van der Waals surface area contributed by atoms with E-state index in [0.29, 0.717) is 17.0 Å². The molecule has 0 spiro atoms. The fourth-order valence-corrected chi connectivity index (χ4v) is 2.68. The monoisotopic (exact) mass is 365 g/mol. The van der Waals surface area contributed by atoms with E-state index >= 15 is 0 Å². The van der Waals surface area contributed by atoms with Crippen LogP contribution in [0.1, 0.15) is 5.56 Å². The highest BCUT2D eigenvalue weighted by Gasteiger charge is 2.36. The van der Waals surface area contributed by atoms with E-state index in [4.69, 9.17) is 4.74 Å². The van der Waals surface area contributed by atoms with Crippen molar-refractivity contribution in [2.24, 2.45) is 0 Å². The van der Waals surface area contributed by atoms with Crippen LogP contribution in [-0.4, -0.2) is 39.1 Å². The number of anilines is 2. The predicted molar refractivity (Wildman–Crippen MR) is 103 cm³/mol. The summed E-state index contributed by atoms with van der Waals surface area (Å²) in [5.74, 6) is -0.913. The fraction of sp³-hybridized carbons (Fsp3) is 0.150. The first kappa shape index (κ1) is 18.2. The molecule has 2 aromatic rings. The normalized spacial score (nSPS) is 15.7. The summed E-state index contributed by atoms with van der Waals surface area (Å²) in [5.41, 5.74) is 1.87. The molecule has 7 heteroatoms. The average Bonchev–Trinajstić information content (AvgIpc) is 2.65. The second-order valence-electron chi connectivity index (χ2n) is 6.15. The molecule has 1 aliphatic rings. The number of hydrogen-bond acceptors (Lipinski definition) is 5. The molecule has 0 saturated carbocycles. The van der Waals surface area contributed by atoms with Crippen molar-refractivity contribution in [2.45, 2.75) is 0 Å². The van der Waals surface area contributed by atoms with Crippen molar-refractivity contribution in [1.82, 2.24) is 5.32 Å². The van der Waals surface area contributed by atoms with Gasteiger partial charge in [-0.15, -0.1) is 0 Å². The van der Waals surface area contributed by atoms with Crippen LogP contribution in [-0.2, 0) is 9.59 Å². The van der Waals surface area contributed by atoms with E-state index in [0.717, 1.165) is 10.6 Å². The minimum atomic E-state index is -0.793. The Kier molecular flexibility index (Phi) is 4.94. The fourth-order valence-electron chi connectivity index (χ4n) is 2.68. The number of imide groups is 2. The number of hydrogen-bond donors (Lipinski definition) is 1. The number of carbonyl (C=O) groups is 3. The first-order valence-electron chi connectivity index (χ1n) is 8.23. The Morgan fingerprint density at radius 2 is 1.74 bits per heavy atom. The Morgan fingerprint density at radius 1 is 1.04 bits per heavy atom. The lowest BCUT2D eigenvalue weighted by Crippen LogP contribution is -2.54. The Bertz CT molecular complexity index is 932. The highest BCUT2D eigenvalue weighted by atomic mass is 16.5. The van der Waals surface area contributed by atoms with Crippen LogP contribution in [0.5, 0.6) is 5.75 Å². The minimum Gasteiger partial charge on any atom is -0.497 e. The van der Waals surface area contributed by atoms with Gasteiger partial charge in [0, 0.05) is 25.8 Å². The van der Waals surface area contributed by atoms with E-state index < -0.39 is 17.8 Å². The van der Waals surface area contributed by atoms with E-state index in [1.165, 1.54) is 13.2 Å². The lowest BCUT2D eigenvalue weighted by atomic mass is 10.1. The summed E-state index contributed by atoms with van der Waals surface area (Å²) in [5, 5.41) is 2.21. The summed E-state index contributed by atoms with van der Waals surface area (Å²) in [6, 6.07) is 13.1. The summed E-state index contributed by atoms with van der Waals surface area (Å²) in [6.45, 7) is 0. The molecule has 0 bridgehead atoms. The number of amides is 4. The van der Waals surface area contributed by atoms with Gasteiger partial charge in [-0.1, -0.05) is 18.2 Å². The molecule has 1 heterocycles. The summed E-state index contributed by atoms with van der Waals surface area (Å²) < 4.78 is 5.14. The van der Waals surface area contributed by atoms with E-state index in [1.54, 1.807) is 36.4 Å². The quantitative estimate of drug-likeness (QED) is 0.665. The predicted octanol–water partition coefficient (Wildman–Crippen LogP) is 2.43. The zero-order valence-corrected chi connectivity index (χ0v) is 15.2. The highest BCUT2D eigenvalue weighted by Crippen LogP contribution is 2.25. The molecule has 1 aliphatic heterocycles. The summed E-state index contributed by atoms with van der Waals surface area (Å²) in [6.07, 6.45) is 1.47. The summed E-state index contributed by atoms with van der Waals surface area (Å²) >= 11 is 0. The van der Waals surface area contributed by atoms with Crippen LogP contribution in [0.25, 0.3) is 6.08 Å².